The van der Waals surface area contributed by atoms with Crippen LogP contribution in [0.25, 0.3) is 0 Å². The average Bonchev–Trinajstić information content (AvgIpc) is 3.11. The third-order valence-corrected chi connectivity index (χ3v) is 3.95. The van der Waals surface area contributed by atoms with Gasteiger partial charge in [0.25, 0.3) is 0 Å². The van der Waals surface area contributed by atoms with Crippen molar-refractivity contribution in [2.24, 2.45) is 0 Å². The van der Waals surface area contributed by atoms with Gasteiger partial charge in [-0.25, -0.2) is 4.79 Å². The minimum absolute atomic E-state index is 0.180. The number of cyclic esters (lactones) is 1. The van der Waals surface area contributed by atoms with Crippen LogP contribution in [0.1, 0.15) is 27.7 Å². The summed E-state index contributed by atoms with van der Waals surface area (Å²) in [5.74, 6) is 0.896. The summed E-state index contributed by atoms with van der Waals surface area (Å²) in [6, 6.07) is 11.0. The standard InChI is InChI=1S/C16H12ClNO4/c17-12-5-9(6-13-14(12)21-8-20-13)7-18-15-10-3-1-2-4-11(10)16(19)22-15/h1-6,15,18H,7-8H2. The number of nitrogens with one attached hydrogen (secondary N) is 1. The number of hydrogen-bond donors (Lipinski definition) is 1. The van der Waals surface area contributed by atoms with Crippen LogP contribution in [-0.4, -0.2) is 12.8 Å². The molecule has 2 heterocycles. The molecule has 2 aliphatic rings. The molecule has 4 rings (SSSR count). The van der Waals surface area contributed by atoms with Gasteiger partial charge in [-0.05, 0) is 23.8 Å². The maximum absolute atomic E-state index is 11.8. The lowest BCUT2D eigenvalue weighted by Gasteiger charge is -2.13. The maximum atomic E-state index is 11.8. The van der Waals surface area contributed by atoms with E-state index < -0.39 is 6.23 Å². The van der Waals surface area contributed by atoms with E-state index in [4.69, 9.17) is 25.8 Å². The van der Waals surface area contributed by atoms with Crippen LogP contribution in [0.4, 0.5) is 0 Å². The minimum atomic E-state index is -0.451. The molecule has 0 radical (unpaired) electrons. The third kappa shape index (κ3) is 2.19. The van der Waals surface area contributed by atoms with Crippen molar-refractivity contribution in [3.63, 3.8) is 0 Å². The highest BCUT2D eigenvalue weighted by Crippen LogP contribution is 2.40. The van der Waals surface area contributed by atoms with E-state index in [9.17, 15) is 4.79 Å². The molecule has 0 aliphatic carbocycles. The molecule has 1 unspecified atom stereocenters. The minimum Gasteiger partial charge on any atom is -0.454 e. The van der Waals surface area contributed by atoms with E-state index in [1.54, 1.807) is 6.07 Å². The van der Waals surface area contributed by atoms with Crippen LogP contribution < -0.4 is 14.8 Å². The average molecular weight is 318 g/mol. The molecule has 0 saturated carbocycles. The van der Waals surface area contributed by atoms with Crippen LogP contribution >= 0.6 is 11.6 Å². The summed E-state index contributed by atoms with van der Waals surface area (Å²) in [7, 11) is 0. The van der Waals surface area contributed by atoms with Gasteiger partial charge >= 0.3 is 5.97 Å². The van der Waals surface area contributed by atoms with Crippen molar-refractivity contribution < 1.29 is 19.0 Å². The summed E-state index contributed by atoms with van der Waals surface area (Å²) in [4.78, 5) is 11.8. The SMILES string of the molecule is O=C1OC(NCc2cc(Cl)c3c(c2)OCO3)c2ccccc21. The van der Waals surface area contributed by atoms with E-state index in [0.717, 1.165) is 11.1 Å². The lowest BCUT2D eigenvalue weighted by atomic mass is 10.1. The second-order valence-electron chi connectivity index (χ2n) is 5.06. The van der Waals surface area contributed by atoms with Gasteiger partial charge in [-0.3, -0.25) is 5.32 Å². The molecule has 1 N–H and O–H groups in total. The monoisotopic (exact) mass is 317 g/mol. The summed E-state index contributed by atoms with van der Waals surface area (Å²) in [5.41, 5.74) is 2.37. The van der Waals surface area contributed by atoms with E-state index in [0.29, 0.717) is 28.6 Å². The molecule has 0 spiro atoms. The summed E-state index contributed by atoms with van der Waals surface area (Å²) < 4.78 is 16.0. The van der Waals surface area contributed by atoms with Crippen molar-refractivity contribution in [3.8, 4) is 11.5 Å². The topological polar surface area (TPSA) is 56.8 Å². The second kappa shape index (κ2) is 5.19. The molecule has 2 aliphatic heterocycles. The molecule has 0 saturated heterocycles. The summed E-state index contributed by atoms with van der Waals surface area (Å²) in [5, 5.41) is 3.71. The Morgan fingerprint density at radius 1 is 1.23 bits per heavy atom. The van der Waals surface area contributed by atoms with E-state index in [2.05, 4.69) is 5.32 Å². The predicted octanol–water partition coefficient (Wildman–Crippen LogP) is 3.03. The van der Waals surface area contributed by atoms with Gasteiger partial charge in [-0.15, -0.1) is 0 Å². The van der Waals surface area contributed by atoms with Crippen LogP contribution in [0.15, 0.2) is 36.4 Å². The Morgan fingerprint density at radius 3 is 3.00 bits per heavy atom. The van der Waals surface area contributed by atoms with Gasteiger partial charge in [-0.2, -0.15) is 0 Å². The zero-order valence-electron chi connectivity index (χ0n) is 11.5. The number of benzene rings is 2. The second-order valence-corrected chi connectivity index (χ2v) is 5.47. The van der Waals surface area contributed by atoms with Gasteiger partial charge in [0.2, 0.25) is 6.79 Å². The molecular weight excluding hydrogens is 306 g/mol. The van der Waals surface area contributed by atoms with Gasteiger partial charge in [0.15, 0.2) is 17.7 Å². The third-order valence-electron chi connectivity index (χ3n) is 3.67. The first-order valence-electron chi connectivity index (χ1n) is 6.84. The normalized spacial score (nSPS) is 18.2. The predicted molar refractivity (Wildman–Crippen MR) is 79.0 cm³/mol. The fourth-order valence-electron chi connectivity index (χ4n) is 2.63. The number of hydrogen-bond acceptors (Lipinski definition) is 5. The Bertz CT molecular complexity index is 762. The van der Waals surface area contributed by atoms with Crippen LogP contribution in [-0.2, 0) is 11.3 Å². The Hall–Kier alpha value is -2.24. The fourth-order valence-corrected chi connectivity index (χ4v) is 2.92. The number of carbonyl (C=O) groups excluding carboxylic acids is 1. The Kier molecular flexibility index (Phi) is 3.17. The zero-order valence-corrected chi connectivity index (χ0v) is 12.2. The fraction of sp³-hybridized carbons (Fsp3) is 0.188. The van der Waals surface area contributed by atoms with Crippen molar-refractivity contribution in [3.05, 3.63) is 58.1 Å². The number of fused-ring (bicyclic) bond motifs is 2. The molecule has 2 aromatic carbocycles. The first-order chi connectivity index (χ1) is 10.7. The van der Waals surface area contributed by atoms with Gasteiger partial charge in [0.05, 0.1) is 10.6 Å². The molecule has 112 valence electrons. The molecule has 22 heavy (non-hydrogen) atoms. The molecule has 0 fully saturated rings. The number of ether oxygens (including phenoxy) is 3. The highest BCUT2D eigenvalue weighted by atomic mass is 35.5. The van der Waals surface area contributed by atoms with Crippen molar-refractivity contribution in [1.82, 2.24) is 5.32 Å². The maximum Gasteiger partial charge on any atom is 0.340 e. The van der Waals surface area contributed by atoms with Gasteiger partial charge in [0, 0.05) is 12.1 Å². The van der Waals surface area contributed by atoms with Crippen molar-refractivity contribution in [1.29, 1.82) is 0 Å². The van der Waals surface area contributed by atoms with E-state index in [1.807, 2.05) is 30.3 Å². The summed E-state index contributed by atoms with van der Waals surface area (Å²) >= 11 is 6.16. The molecular formula is C16H12ClNO4. The van der Waals surface area contributed by atoms with E-state index in [1.165, 1.54) is 0 Å². The summed E-state index contributed by atoms with van der Waals surface area (Å²) in [6.07, 6.45) is -0.451. The number of halogens is 1. The number of esters is 1. The highest BCUT2D eigenvalue weighted by Gasteiger charge is 2.30. The molecule has 2 aromatic rings. The quantitative estimate of drug-likeness (QED) is 0.882. The Morgan fingerprint density at radius 2 is 2.09 bits per heavy atom. The van der Waals surface area contributed by atoms with Crippen LogP contribution in [0.2, 0.25) is 5.02 Å². The van der Waals surface area contributed by atoms with Gasteiger partial charge in [-0.1, -0.05) is 29.8 Å². The zero-order chi connectivity index (χ0) is 15.1. The molecule has 0 aromatic heterocycles. The lowest BCUT2D eigenvalue weighted by molar-refractivity contribution is 0.0303. The Balaban J connectivity index is 1.52. The van der Waals surface area contributed by atoms with Crippen LogP contribution in [0.5, 0.6) is 11.5 Å². The van der Waals surface area contributed by atoms with Crippen LogP contribution in [0.3, 0.4) is 0 Å². The Labute approximate surface area is 131 Å². The molecule has 1 atom stereocenters. The molecule has 0 amide bonds. The van der Waals surface area contributed by atoms with E-state index in [-0.39, 0.29) is 12.8 Å². The number of rotatable bonds is 3. The van der Waals surface area contributed by atoms with Gasteiger partial charge < -0.3 is 14.2 Å². The summed E-state index contributed by atoms with van der Waals surface area (Å²) in [6.45, 7) is 0.669. The number of carbonyl (C=O) groups is 1. The van der Waals surface area contributed by atoms with Gasteiger partial charge in [0.1, 0.15) is 0 Å². The highest BCUT2D eigenvalue weighted by molar-refractivity contribution is 6.32. The van der Waals surface area contributed by atoms with Crippen molar-refractivity contribution >= 4 is 17.6 Å². The largest absolute Gasteiger partial charge is 0.454 e. The molecule has 0 bridgehead atoms. The lowest BCUT2D eigenvalue weighted by Crippen LogP contribution is -2.20. The van der Waals surface area contributed by atoms with E-state index >= 15 is 0 Å². The van der Waals surface area contributed by atoms with Crippen molar-refractivity contribution in [2.75, 3.05) is 6.79 Å². The smallest absolute Gasteiger partial charge is 0.340 e. The van der Waals surface area contributed by atoms with Crippen molar-refractivity contribution in [2.45, 2.75) is 12.8 Å². The molecule has 6 heteroatoms. The first kappa shape index (κ1) is 13.4. The van der Waals surface area contributed by atoms with Crippen LogP contribution in [0, 0.1) is 0 Å². The first-order valence-corrected chi connectivity index (χ1v) is 7.21. The molecule has 5 nitrogen and oxygen atoms in total.